The zero-order valence-electron chi connectivity index (χ0n) is 7.64. The summed E-state index contributed by atoms with van der Waals surface area (Å²) in [6.07, 6.45) is 2.08. The van der Waals surface area contributed by atoms with E-state index in [0.717, 1.165) is 6.54 Å². The number of thioether (sulfide) groups is 1. The number of nitrogens with zero attached hydrogens (tertiary/aromatic N) is 1. The molecule has 0 radical (unpaired) electrons. The van der Waals surface area contributed by atoms with Crippen molar-refractivity contribution < 1.29 is 0 Å². The van der Waals surface area contributed by atoms with E-state index in [1.54, 1.807) is 0 Å². The Kier molecular flexibility index (Phi) is 4.55. The molecule has 0 aliphatic carbocycles. The number of hydrogen-bond acceptors (Lipinski definition) is 3. The van der Waals surface area contributed by atoms with Gasteiger partial charge in [-0.3, -0.25) is 0 Å². The van der Waals surface area contributed by atoms with Crippen LogP contribution in [0.3, 0.4) is 0 Å². The third-order valence-corrected chi connectivity index (χ3v) is 2.83. The monoisotopic (exact) mass is 172 g/mol. The van der Waals surface area contributed by atoms with Crippen LogP contribution in [-0.2, 0) is 0 Å². The molecule has 0 saturated heterocycles. The first kappa shape index (κ1) is 10.8. The molecule has 0 spiro atoms. The SMILES string of the molecule is CSC(C)(C)CNC(C)C#N. The van der Waals surface area contributed by atoms with E-state index in [1.807, 2.05) is 18.7 Å². The third-order valence-electron chi connectivity index (χ3n) is 1.58. The van der Waals surface area contributed by atoms with Crippen molar-refractivity contribution >= 4 is 11.8 Å². The van der Waals surface area contributed by atoms with Gasteiger partial charge >= 0.3 is 0 Å². The van der Waals surface area contributed by atoms with Gasteiger partial charge in [-0.15, -0.1) is 0 Å². The maximum absolute atomic E-state index is 8.49. The molecule has 0 aromatic rings. The summed E-state index contributed by atoms with van der Waals surface area (Å²) >= 11 is 1.81. The predicted molar refractivity (Wildman–Crippen MR) is 50.7 cm³/mol. The molecule has 1 unspecified atom stereocenters. The summed E-state index contributed by atoms with van der Waals surface area (Å²) in [5, 5.41) is 11.6. The lowest BCUT2D eigenvalue weighted by atomic mass is 10.2. The van der Waals surface area contributed by atoms with Gasteiger partial charge in [0.05, 0.1) is 12.1 Å². The Balaban J connectivity index is 3.63. The Labute approximate surface area is 73.4 Å². The van der Waals surface area contributed by atoms with E-state index in [1.165, 1.54) is 0 Å². The van der Waals surface area contributed by atoms with Gasteiger partial charge < -0.3 is 5.32 Å². The summed E-state index contributed by atoms with van der Waals surface area (Å²) in [4.78, 5) is 0. The van der Waals surface area contributed by atoms with E-state index >= 15 is 0 Å². The van der Waals surface area contributed by atoms with Crippen LogP contribution in [0.25, 0.3) is 0 Å². The second-order valence-corrected chi connectivity index (χ2v) is 4.71. The van der Waals surface area contributed by atoms with Crippen molar-refractivity contribution in [3.8, 4) is 6.07 Å². The van der Waals surface area contributed by atoms with Gasteiger partial charge in [-0.25, -0.2) is 0 Å². The highest BCUT2D eigenvalue weighted by Gasteiger charge is 2.15. The molecule has 0 aliphatic heterocycles. The zero-order chi connectivity index (χ0) is 8.91. The summed E-state index contributed by atoms with van der Waals surface area (Å²) in [5.41, 5.74) is 0. The maximum atomic E-state index is 8.49. The van der Waals surface area contributed by atoms with Crippen molar-refractivity contribution in [1.82, 2.24) is 5.32 Å². The number of nitrogens with one attached hydrogen (secondary N) is 1. The minimum Gasteiger partial charge on any atom is -0.301 e. The fraction of sp³-hybridized carbons (Fsp3) is 0.875. The first-order valence-corrected chi connectivity index (χ1v) is 4.92. The predicted octanol–water partition coefficient (Wildman–Crippen LogP) is 1.63. The average Bonchev–Trinajstić information content (AvgIpc) is 2.00. The first-order valence-electron chi connectivity index (χ1n) is 3.70. The summed E-state index contributed by atoms with van der Waals surface area (Å²) in [7, 11) is 0. The molecule has 0 rings (SSSR count). The fourth-order valence-electron chi connectivity index (χ4n) is 0.517. The van der Waals surface area contributed by atoms with Crippen molar-refractivity contribution in [2.75, 3.05) is 12.8 Å². The molecule has 0 amide bonds. The molecule has 0 heterocycles. The van der Waals surface area contributed by atoms with Crippen LogP contribution in [0.1, 0.15) is 20.8 Å². The van der Waals surface area contributed by atoms with Crippen LogP contribution in [0.5, 0.6) is 0 Å². The van der Waals surface area contributed by atoms with Gasteiger partial charge in [0.1, 0.15) is 0 Å². The molecule has 1 N–H and O–H groups in total. The first-order chi connectivity index (χ1) is 5.02. The topological polar surface area (TPSA) is 35.8 Å². The lowest BCUT2D eigenvalue weighted by molar-refractivity contribution is 0.565. The van der Waals surface area contributed by atoms with Crippen LogP contribution in [0, 0.1) is 11.3 Å². The summed E-state index contributed by atoms with van der Waals surface area (Å²) in [6, 6.07) is 2.10. The summed E-state index contributed by atoms with van der Waals surface area (Å²) in [5.74, 6) is 0. The highest BCUT2D eigenvalue weighted by Crippen LogP contribution is 2.19. The highest BCUT2D eigenvalue weighted by molar-refractivity contribution is 7.99. The molecular weight excluding hydrogens is 156 g/mol. The minimum absolute atomic E-state index is 0.0403. The van der Waals surface area contributed by atoms with Crippen molar-refractivity contribution in [2.24, 2.45) is 0 Å². The molecule has 3 heteroatoms. The lowest BCUT2D eigenvalue weighted by Gasteiger charge is -2.22. The molecule has 0 fully saturated rings. The van der Waals surface area contributed by atoms with Crippen molar-refractivity contribution in [3.63, 3.8) is 0 Å². The molecule has 0 aromatic heterocycles. The van der Waals surface area contributed by atoms with E-state index in [2.05, 4.69) is 31.5 Å². The Bertz CT molecular complexity index is 149. The third kappa shape index (κ3) is 5.11. The number of nitriles is 1. The molecule has 1 atom stereocenters. The van der Waals surface area contributed by atoms with Crippen molar-refractivity contribution in [2.45, 2.75) is 31.6 Å². The van der Waals surface area contributed by atoms with Gasteiger partial charge in [0.2, 0.25) is 0 Å². The van der Waals surface area contributed by atoms with Gasteiger partial charge in [0.25, 0.3) is 0 Å². The number of hydrogen-bond donors (Lipinski definition) is 1. The summed E-state index contributed by atoms with van der Waals surface area (Å²) in [6.45, 7) is 7.07. The Hall–Kier alpha value is -0.200. The van der Waals surface area contributed by atoms with E-state index in [-0.39, 0.29) is 10.8 Å². The standard InChI is InChI=1S/C8H16N2S/c1-7(5-9)10-6-8(2,3)11-4/h7,10H,6H2,1-4H3. The minimum atomic E-state index is -0.0403. The second kappa shape index (κ2) is 4.63. The quantitative estimate of drug-likeness (QED) is 0.700. The Morgan fingerprint density at radius 2 is 2.18 bits per heavy atom. The number of rotatable bonds is 4. The summed E-state index contributed by atoms with van der Waals surface area (Å²) < 4.78 is 0.227. The largest absolute Gasteiger partial charge is 0.301 e. The van der Waals surface area contributed by atoms with Crippen LogP contribution in [0.2, 0.25) is 0 Å². The highest BCUT2D eigenvalue weighted by atomic mass is 32.2. The van der Waals surface area contributed by atoms with Gasteiger partial charge in [0, 0.05) is 11.3 Å². The average molecular weight is 172 g/mol. The molecule has 2 nitrogen and oxygen atoms in total. The Morgan fingerprint density at radius 1 is 1.64 bits per heavy atom. The van der Waals surface area contributed by atoms with E-state index in [4.69, 9.17) is 5.26 Å². The van der Waals surface area contributed by atoms with Crippen LogP contribution in [-0.4, -0.2) is 23.6 Å². The second-order valence-electron chi connectivity index (χ2n) is 3.20. The van der Waals surface area contributed by atoms with E-state index < -0.39 is 0 Å². The van der Waals surface area contributed by atoms with Crippen molar-refractivity contribution in [3.05, 3.63) is 0 Å². The zero-order valence-corrected chi connectivity index (χ0v) is 8.46. The van der Waals surface area contributed by atoms with Crippen LogP contribution >= 0.6 is 11.8 Å². The van der Waals surface area contributed by atoms with Crippen LogP contribution < -0.4 is 5.32 Å². The fourth-order valence-corrected chi connectivity index (χ4v) is 0.744. The molecule has 11 heavy (non-hydrogen) atoms. The molecule has 0 aromatic carbocycles. The van der Waals surface area contributed by atoms with Crippen LogP contribution in [0.4, 0.5) is 0 Å². The Morgan fingerprint density at radius 3 is 2.55 bits per heavy atom. The molecule has 0 bridgehead atoms. The molecule has 0 saturated carbocycles. The smallest absolute Gasteiger partial charge is 0.0924 e. The normalized spacial score (nSPS) is 14.1. The van der Waals surface area contributed by atoms with Gasteiger partial charge in [-0.1, -0.05) is 0 Å². The van der Waals surface area contributed by atoms with E-state index in [0.29, 0.717) is 0 Å². The van der Waals surface area contributed by atoms with Gasteiger partial charge in [-0.2, -0.15) is 17.0 Å². The van der Waals surface area contributed by atoms with Crippen LogP contribution in [0.15, 0.2) is 0 Å². The van der Waals surface area contributed by atoms with Gasteiger partial charge in [0.15, 0.2) is 0 Å². The molecule has 64 valence electrons. The molecule has 0 aliphatic rings. The van der Waals surface area contributed by atoms with Crippen molar-refractivity contribution in [1.29, 1.82) is 5.26 Å². The molecular formula is C8H16N2S. The van der Waals surface area contributed by atoms with E-state index in [9.17, 15) is 0 Å². The van der Waals surface area contributed by atoms with Gasteiger partial charge in [-0.05, 0) is 27.0 Å². The lowest BCUT2D eigenvalue weighted by Crippen LogP contribution is -2.36. The maximum Gasteiger partial charge on any atom is 0.0924 e.